The van der Waals surface area contributed by atoms with Crippen molar-refractivity contribution in [3.8, 4) is 0 Å². The van der Waals surface area contributed by atoms with Crippen molar-refractivity contribution in [2.75, 3.05) is 7.05 Å². The van der Waals surface area contributed by atoms with E-state index in [9.17, 15) is 0 Å². The molecule has 0 saturated carbocycles. The van der Waals surface area contributed by atoms with E-state index in [1.807, 2.05) is 5.43 Å². The third kappa shape index (κ3) is 3.84. The van der Waals surface area contributed by atoms with E-state index in [1.54, 1.807) is 0 Å². The highest BCUT2D eigenvalue weighted by molar-refractivity contribution is 3.84. The maximum Gasteiger partial charge on any atom is 0.00517 e. The van der Waals surface area contributed by atoms with Gasteiger partial charge in [0.15, 0.2) is 0 Å². The van der Waals surface area contributed by atoms with Crippen LogP contribution in [0.4, 0.5) is 0 Å². The Morgan fingerprint density at radius 2 is 1.80 bits per heavy atom. The molecular weight excluding hydrogens is 72.0 g/mol. The largest absolute Gasteiger partial charge is 0.276 e. The Hall–Kier alpha value is -0.160. The summed E-state index contributed by atoms with van der Waals surface area (Å²) in [6.07, 6.45) is 0. The molecule has 3 N–H and O–H groups in total. The Morgan fingerprint density at radius 3 is 1.80 bits per heavy atom. The molecule has 4 nitrogen and oxygen atoms in total. The molecule has 0 fully saturated rings. The van der Waals surface area contributed by atoms with Crippen molar-refractivity contribution in [2.24, 2.45) is 0 Å². The van der Waals surface area contributed by atoms with Crippen LogP contribution >= 0.6 is 0 Å². The van der Waals surface area contributed by atoms with Crippen LogP contribution in [0.5, 0.6) is 0 Å². The summed E-state index contributed by atoms with van der Waals surface area (Å²) in [6, 6.07) is 0. The predicted molar refractivity (Wildman–Crippen MR) is 14.5 cm³/mol. The minimum Gasteiger partial charge on any atom is -0.276 e. The Balaban J connectivity index is 2.54. The lowest BCUT2D eigenvalue weighted by molar-refractivity contribution is -0.338. The molecule has 0 aliphatic rings. The van der Waals surface area contributed by atoms with E-state index in [4.69, 9.17) is 10.4 Å². The monoisotopic (exact) mass is 78.0 g/mol. The van der Waals surface area contributed by atoms with E-state index in [1.165, 1.54) is 7.05 Å². The molecule has 0 radical (unpaired) electrons. The Bertz CT molecular complexity index is 21.6. The summed E-state index contributed by atoms with van der Waals surface area (Å²) in [5.41, 5.74) is 1.97. The van der Waals surface area contributed by atoms with Gasteiger partial charge in [-0.15, -0.1) is 0 Å². The molecule has 0 rings (SSSR count). The molecule has 0 amide bonds. The van der Waals surface area contributed by atoms with Gasteiger partial charge in [-0.3, -0.25) is 10.4 Å². The lowest BCUT2D eigenvalue weighted by atomic mass is 11.5. The van der Waals surface area contributed by atoms with Crippen LogP contribution in [0.2, 0.25) is 0 Å². The zero-order chi connectivity index (χ0) is 4.28. The topological polar surface area (TPSA) is 55.7 Å². The minimum absolute atomic E-state index is 0.125. The van der Waals surface area contributed by atoms with Gasteiger partial charge in [-0.05, 0) is 0 Å². The molecule has 0 spiro atoms. The summed E-state index contributed by atoms with van der Waals surface area (Å²) in [5.74, 6) is 0. The van der Waals surface area contributed by atoms with Crippen LogP contribution in [0.15, 0.2) is 0 Å². The fourth-order valence-corrected chi connectivity index (χ4v) is 0. The third-order valence-corrected chi connectivity index (χ3v) is 0.200. The minimum atomic E-state index is -0.125. The van der Waals surface area contributed by atoms with Crippen LogP contribution in [-0.2, 0) is 0 Å². The molecule has 0 unspecified atom stereocenters. The first-order chi connectivity index (χ1) is 2.27. The van der Waals surface area contributed by atoms with Crippen molar-refractivity contribution < 1.29 is 10.4 Å². The number of hydrogen-bond donors (Lipinski definition) is 3. The molecule has 0 aromatic heterocycles. The fraction of sp³-hybridized carbons (Fsp3) is 1.00. The molecule has 0 aromatic rings. The van der Waals surface area contributed by atoms with E-state index >= 15 is 0 Å². The Morgan fingerprint density at radius 1 is 1.60 bits per heavy atom. The lowest BCUT2D eigenvalue weighted by Crippen LogP contribution is -2.26. The zero-order valence-electron chi connectivity index (χ0n) is 2.84. The van der Waals surface area contributed by atoms with Gasteiger partial charge in [0, 0.05) is 12.4 Å². The number of hydrogen-bond acceptors (Lipinski definition) is 4. The van der Waals surface area contributed by atoms with Crippen LogP contribution in [0.3, 0.4) is 0 Å². The second kappa shape index (κ2) is 2.10. The van der Waals surface area contributed by atoms with Gasteiger partial charge in [-0.25, -0.2) is 5.43 Å². The molecule has 32 valence electrons. The van der Waals surface area contributed by atoms with E-state index in [0.717, 1.165) is 0 Å². The van der Waals surface area contributed by atoms with Crippen LogP contribution in [0, 0.1) is 0 Å². The summed E-state index contributed by atoms with van der Waals surface area (Å²) in [6.45, 7) is 0. The van der Waals surface area contributed by atoms with Crippen molar-refractivity contribution in [1.82, 2.24) is 10.8 Å². The average molecular weight is 78.1 g/mol. The first-order valence-corrected chi connectivity index (χ1v) is 1.12. The van der Waals surface area contributed by atoms with Crippen molar-refractivity contribution in [2.45, 2.75) is 0 Å². The molecule has 0 aliphatic carbocycles. The van der Waals surface area contributed by atoms with E-state index in [0.29, 0.717) is 0 Å². The summed E-state index contributed by atoms with van der Waals surface area (Å²) in [7, 11) is 1.38. The van der Waals surface area contributed by atoms with Crippen molar-refractivity contribution in [3.05, 3.63) is 0 Å². The normalized spacial score (nSPS) is 9.60. The molecule has 0 saturated heterocycles. The SMILES string of the molecule is CNN(O)O. The highest BCUT2D eigenvalue weighted by Crippen LogP contribution is 1.46. The van der Waals surface area contributed by atoms with Gasteiger partial charge in [0.1, 0.15) is 0 Å². The lowest BCUT2D eigenvalue weighted by Gasteiger charge is -1.97. The molecule has 4 heteroatoms. The van der Waals surface area contributed by atoms with Crippen LogP contribution in [0.25, 0.3) is 0 Å². The highest BCUT2D eigenvalue weighted by atomic mass is 16.8. The first-order valence-electron chi connectivity index (χ1n) is 1.12. The van der Waals surface area contributed by atoms with Gasteiger partial charge < -0.3 is 0 Å². The number of rotatable bonds is 1. The molecular formula is CH6N2O2. The molecule has 0 heterocycles. The van der Waals surface area contributed by atoms with Gasteiger partial charge in [0.05, 0.1) is 0 Å². The van der Waals surface area contributed by atoms with Crippen molar-refractivity contribution in [3.63, 3.8) is 0 Å². The Kier molecular flexibility index (Phi) is 2.03. The molecule has 0 atom stereocenters. The molecule has 0 bridgehead atoms. The molecule has 5 heavy (non-hydrogen) atoms. The summed E-state index contributed by atoms with van der Waals surface area (Å²) >= 11 is 0. The highest BCUT2D eigenvalue weighted by Gasteiger charge is 1.73. The van der Waals surface area contributed by atoms with Crippen LogP contribution in [0.1, 0.15) is 0 Å². The summed E-state index contributed by atoms with van der Waals surface area (Å²) < 4.78 is 0. The number of nitrogens with zero attached hydrogens (tertiary/aromatic N) is 1. The fourth-order valence-electron chi connectivity index (χ4n) is 0. The zero-order valence-corrected chi connectivity index (χ0v) is 2.84. The quantitative estimate of drug-likeness (QED) is 0.359. The standard InChI is InChI=1S/CH6N2O2/c1-2-3(4)5/h2,4-5H,1H3. The van der Waals surface area contributed by atoms with E-state index < -0.39 is 0 Å². The number of hydrazine groups is 1. The van der Waals surface area contributed by atoms with E-state index in [2.05, 4.69) is 0 Å². The summed E-state index contributed by atoms with van der Waals surface area (Å²) in [5, 5.41) is 15.2. The second-order valence-electron chi connectivity index (χ2n) is 0.513. The van der Waals surface area contributed by atoms with Crippen LogP contribution in [-0.4, -0.2) is 22.8 Å². The first kappa shape index (κ1) is 4.84. The van der Waals surface area contributed by atoms with Crippen molar-refractivity contribution in [1.29, 1.82) is 0 Å². The second-order valence-corrected chi connectivity index (χ2v) is 0.513. The van der Waals surface area contributed by atoms with Gasteiger partial charge in [-0.2, -0.15) is 0 Å². The molecule has 0 aliphatic heterocycles. The maximum atomic E-state index is 7.64. The van der Waals surface area contributed by atoms with Crippen LogP contribution < -0.4 is 5.43 Å². The van der Waals surface area contributed by atoms with Gasteiger partial charge in [0.2, 0.25) is 0 Å². The predicted octanol–water partition coefficient (Wildman–Crippen LogP) is -0.799. The van der Waals surface area contributed by atoms with Crippen molar-refractivity contribution >= 4 is 0 Å². The molecule has 0 aromatic carbocycles. The number of nitrogens with one attached hydrogen (secondary N) is 1. The smallest absolute Gasteiger partial charge is 0.00517 e. The Labute approximate surface area is 29.5 Å². The van der Waals surface area contributed by atoms with E-state index in [-0.39, 0.29) is 5.34 Å². The maximum absolute atomic E-state index is 7.64. The average Bonchev–Trinajstić information content (AvgIpc) is 1.38. The van der Waals surface area contributed by atoms with Gasteiger partial charge in [-0.1, -0.05) is 0 Å². The van der Waals surface area contributed by atoms with Gasteiger partial charge >= 0.3 is 0 Å². The summed E-state index contributed by atoms with van der Waals surface area (Å²) in [4.78, 5) is 0. The van der Waals surface area contributed by atoms with Gasteiger partial charge in [0.25, 0.3) is 0 Å². The third-order valence-electron chi connectivity index (χ3n) is 0.200.